The Bertz CT molecular complexity index is 1030. The number of para-hydroxylation sites is 1. The van der Waals surface area contributed by atoms with E-state index >= 15 is 0 Å². The van der Waals surface area contributed by atoms with Gasteiger partial charge in [-0.05, 0) is 49.2 Å². The Morgan fingerprint density at radius 1 is 1.07 bits per heavy atom. The number of benzene rings is 2. The van der Waals surface area contributed by atoms with Crippen LogP contribution in [0.25, 0.3) is 5.69 Å². The number of carbonyl (C=O) groups excluding carboxylic acids is 1. The number of guanidine groups is 1. The number of primary amides is 1. The van der Waals surface area contributed by atoms with Gasteiger partial charge in [-0.2, -0.15) is 5.10 Å². The van der Waals surface area contributed by atoms with Gasteiger partial charge in [-0.15, -0.1) is 24.0 Å². The molecular formula is C22H27IN6O. The van der Waals surface area contributed by atoms with Crippen molar-refractivity contribution in [2.24, 2.45) is 10.7 Å². The number of aliphatic imine (C=N–C) groups is 1. The van der Waals surface area contributed by atoms with Crippen LogP contribution in [0, 0.1) is 13.8 Å². The molecule has 0 atom stereocenters. The zero-order valence-corrected chi connectivity index (χ0v) is 19.7. The third-order valence-electron chi connectivity index (χ3n) is 4.60. The first-order valence-corrected chi connectivity index (χ1v) is 9.42. The number of amides is 1. The summed E-state index contributed by atoms with van der Waals surface area (Å²) in [5.41, 5.74) is 11.1. The van der Waals surface area contributed by atoms with Crippen molar-refractivity contribution in [2.75, 3.05) is 7.05 Å². The van der Waals surface area contributed by atoms with Gasteiger partial charge < -0.3 is 16.4 Å². The van der Waals surface area contributed by atoms with Gasteiger partial charge in [-0.1, -0.05) is 30.3 Å². The van der Waals surface area contributed by atoms with Crippen LogP contribution in [0.5, 0.6) is 0 Å². The van der Waals surface area contributed by atoms with Crippen LogP contribution in [-0.2, 0) is 13.1 Å². The molecule has 158 valence electrons. The van der Waals surface area contributed by atoms with Gasteiger partial charge >= 0.3 is 0 Å². The zero-order valence-electron chi connectivity index (χ0n) is 17.3. The lowest BCUT2D eigenvalue weighted by Crippen LogP contribution is -2.36. The monoisotopic (exact) mass is 518 g/mol. The van der Waals surface area contributed by atoms with E-state index in [4.69, 9.17) is 5.73 Å². The van der Waals surface area contributed by atoms with Crippen molar-refractivity contribution in [2.45, 2.75) is 26.9 Å². The van der Waals surface area contributed by atoms with Crippen LogP contribution in [0.2, 0.25) is 0 Å². The van der Waals surface area contributed by atoms with Crippen LogP contribution >= 0.6 is 24.0 Å². The molecule has 7 nitrogen and oxygen atoms in total. The molecule has 3 rings (SSSR count). The van der Waals surface area contributed by atoms with E-state index in [1.807, 2.05) is 42.8 Å². The molecule has 30 heavy (non-hydrogen) atoms. The van der Waals surface area contributed by atoms with Gasteiger partial charge in [0, 0.05) is 31.4 Å². The van der Waals surface area contributed by atoms with Crippen LogP contribution in [0.3, 0.4) is 0 Å². The van der Waals surface area contributed by atoms with Gasteiger partial charge in [0.2, 0.25) is 5.91 Å². The number of nitrogens with one attached hydrogen (secondary N) is 2. The molecule has 4 N–H and O–H groups in total. The Hall–Kier alpha value is -2.88. The lowest BCUT2D eigenvalue weighted by molar-refractivity contribution is 0.100. The normalized spacial score (nSPS) is 11.0. The minimum Gasteiger partial charge on any atom is -0.366 e. The summed E-state index contributed by atoms with van der Waals surface area (Å²) in [6.07, 6.45) is 0. The quantitative estimate of drug-likeness (QED) is 0.266. The molecule has 0 saturated carbocycles. The Morgan fingerprint density at radius 2 is 1.73 bits per heavy atom. The summed E-state index contributed by atoms with van der Waals surface area (Å²) >= 11 is 0. The van der Waals surface area contributed by atoms with Crippen LogP contribution in [0.15, 0.2) is 59.6 Å². The van der Waals surface area contributed by atoms with Crippen molar-refractivity contribution in [1.29, 1.82) is 0 Å². The fourth-order valence-electron chi connectivity index (χ4n) is 3.11. The van der Waals surface area contributed by atoms with E-state index in [2.05, 4.69) is 38.9 Å². The highest BCUT2D eigenvalue weighted by molar-refractivity contribution is 14.0. The van der Waals surface area contributed by atoms with Crippen LogP contribution in [0.1, 0.15) is 32.9 Å². The first-order valence-electron chi connectivity index (χ1n) is 9.42. The van der Waals surface area contributed by atoms with E-state index in [-0.39, 0.29) is 24.0 Å². The van der Waals surface area contributed by atoms with Crippen molar-refractivity contribution in [3.05, 3.63) is 82.7 Å². The molecule has 2 aromatic carbocycles. The summed E-state index contributed by atoms with van der Waals surface area (Å²) in [5, 5.41) is 11.2. The molecular weight excluding hydrogens is 491 g/mol. The van der Waals surface area contributed by atoms with E-state index in [1.165, 1.54) is 0 Å². The van der Waals surface area contributed by atoms with E-state index < -0.39 is 5.91 Å². The predicted molar refractivity (Wildman–Crippen MR) is 130 cm³/mol. The largest absolute Gasteiger partial charge is 0.366 e. The topological polar surface area (TPSA) is 97.3 Å². The van der Waals surface area contributed by atoms with Crippen molar-refractivity contribution < 1.29 is 4.79 Å². The highest BCUT2D eigenvalue weighted by atomic mass is 127. The van der Waals surface area contributed by atoms with Gasteiger partial charge in [-0.3, -0.25) is 9.79 Å². The highest BCUT2D eigenvalue weighted by Gasteiger charge is 2.09. The first kappa shape index (κ1) is 23.4. The van der Waals surface area contributed by atoms with E-state index in [0.717, 1.165) is 28.2 Å². The van der Waals surface area contributed by atoms with Gasteiger partial charge in [0.05, 0.1) is 11.4 Å². The molecule has 0 radical (unpaired) electrons. The predicted octanol–water partition coefficient (Wildman–Crippen LogP) is 3.07. The summed E-state index contributed by atoms with van der Waals surface area (Å²) < 4.78 is 1.96. The smallest absolute Gasteiger partial charge is 0.248 e. The lowest BCUT2D eigenvalue weighted by Gasteiger charge is -2.15. The molecule has 0 bridgehead atoms. The number of aryl methyl sites for hydroxylation is 2. The van der Waals surface area contributed by atoms with Crippen LogP contribution in [-0.4, -0.2) is 28.7 Å². The molecule has 1 amide bonds. The second-order valence-electron chi connectivity index (χ2n) is 6.81. The molecule has 1 aromatic heterocycles. The number of aromatic nitrogens is 2. The van der Waals surface area contributed by atoms with Crippen molar-refractivity contribution >= 4 is 35.8 Å². The standard InChI is InChI=1S/C22H26N6O.HI/c1-15-12-16(2)28(27-15)20-7-5-4-6-19(20)14-26-22(24-3)25-13-17-8-10-18(11-9-17)21(23)29;/h4-12H,13-14H2,1-3H3,(H2,23,29)(H2,24,25,26);1H. The molecule has 3 aromatic rings. The average molecular weight is 518 g/mol. The highest BCUT2D eigenvalue weighted by Crippen LogP contribution is 2.16. The third kappa shape index (κ3) is 5.82. The van der Waals surface area contributed by atoms with Gasteiger partial charge in [-0.25, -0.2) is 4.68 Å². The van der Waals surface area contributed by atoms with Crippen molar-refractivity contribution in [3.8, 4) is 5.69 Å². The van der Waals surface area contributed by atoms with Gasteiger partial charge in [0.15, 0.2) is 5.96 Å². The first-order chi connectivity index (χ1) is 14.0. The summed E-state index contributed by atoms with van der Waals surface area (Å²) in [7, 11) is 1.73. The molecule has 0 unspecified atom stereocenters. The number of halogens is 1. The number of nitrogens with two attached hydrogens (primary N) is 1. The second kappa shape index (κ2) is 10.8. The lowest BCUT2D eigenvalue weighted by atomic mass is 10.1. The van der Waals surface area contributed by atoms with Gasteiger partial charge in [0.1, 0.15) is 0 Å². The summed E-state index contributed by atoms with van der Waals surface area (Å²) in [6, 6.07) is 17.4. The third-order valence-corrected chi connectivity index (χ3v) is 4.60. The molecule has 8 heteroatoms. The van der Waals surface area contributed by atoms with E-state index in [9.17, 15) is 4.79 Å². The average Bonchev–Trinajstić information content (AvgIpc) is 3.06. The Kier molecular flexibility index (Phi) is 8.40. The summed E-state index contributed by atoms with van der Waals surface area (Å²) in [6.45, 7) is 5.23. The van der Waals surface area contributed by atoms with Crippen LogP contribution < -0.4 is 16.4 Å². The Morgan fingerprint density at radius 3 is 2.33 bits per heavy atom. The maximum absolute atomic E-state index is 11.2. The maximum atomic E-state index is 11.2. The fourth-order valence-corrected chi connectivity index (χ4v) is 3.11. The number of nitrogens with zero attached hydrogens (tertiary/aromatic N) is 3. The number of carbonyl (C=O) groups is 1. The van der Waals surface area contributed by atoms with E-state index in [1.54, 1.807) is 19.2 Å². The van der Waals surface area contributed by atoms with E-state index in [0.29, 0.717) is 24.6 Å². The van der Waals surface area contributed by atoms with Crippen LogP contribution in [0.4, 0.5) is 0 Å². The number of hydrogen-bond donors (Lipinski definition) is 3. The van der Waals surface area contributed by atoms with Gasteiger partial charge in [0.25, 0.3) is 0 Å². The zero-order chi connectivity index (χ0) is 20.8. The second-order valence-corrected chi connectivity index (χ2v) is 6.81. The SMILES string of the molecule is CN=C(NCc1ccc(C(N)=O)cc1)NCc1ccccc1-n1nc(C)cc1C.I. The fraction of sp³-hybridized carbons (Fsp3) is 0.227. The number of hydrogen-bond acceptors (Lipinski definition) is 3. The molecule has 0 fully saturated rings. The number of rotatable bonds is 6. The summed E-state index contributed by atoms with van der Waals surface area (Å²) in [5.74, 6) is 0.260. The Labute approximate surface area is 193 Å². The Balaban J connectivity index is 0.00000320. The molecule has 0 spiro atoms. The van der Waals surface area contributed by atoms with Crippen molar-refractivity contribution in [3.63, 3.8) is 0 Å². The minimum atomic E-state index is -0.428. The molecule has 0 aliphatic heterocycles. The molecule has 1 heterocycles. The molecule has 0 saturated heterocycles. The molecule has 0 aliphatic carbocycles. The minimum absolute atomic E-state index is 0. The maximum Gasteiger partial charge on any atom is 0.248 e. The molecule has 0 aliphatic rings. The van der Waals surface area contributed by atoms with Crippen molar-refractivity contribution in [1.82, 2.24) is 20.4 Å². The summed E-state index contributed by atoms with van der Waals surface area (Å²) in [4.78, 5) is 15.5.